The summed E-state index contributed by atoms with van der Waals surface area (Å²) in [6, 6.07) is 52.6. The van der Waals surface area contributed by atoms with Crippen LogP contribution in [0.4, 0.5) is 0 Å². The van der Waals surface area contributed by atoms with E-state index < -0.39 is 0 Å². The van der Waals surface area contributed by atoms with Gasteiger partial charge in [-0.15, -0.1) is 0 Å². The Hall–Kier alpha value is -5.40. The monoisotopic (exact) mass is 520 g/mol. The van der Waals surface area contributed by atoms with Gasteiger partial charge in [-0.1, -0.05) is 127 Å². The zero-order chi connectivity index (χ0) is 26.9. The molecule has 0 unspecified atom stereocenters. The first-order valence-electron chi connectivity index (χ1n) is 14.1. The highest BCUT2D eigenvalue weighted by molar-refractivity contribution is 6.23. The molecule has 0 saturated carbocycles. The molecule has 1 aliphatic rings. The third-order valence-corrected chi connectivity index (χ3v) is 8.64. The van der Waals surface area contributed by atoms with Crippen molar-refractivity contribution < 1.29 is 4.74 Å². The number of hydrogen-bond donors (Lipinski definition) is 0. The summed E-state index contributed by atoms with van der Waals surface area (Å²) < 4.78 is 6.43. The highest BCUT2D eigenvalue weighted by Gasteiger charge is 2.22. The fourth-order valence-electron chi connectivity index (χ4n) is 6.89. The van der Waals surface area contributed by atoms with E-state index in [4.69, 9.17) is 4.74 Å². The second-order valence-corrected chi connectivity index (χ2v) is 10.8. The van der Waals surface area contributed by atoms with Crippen molar-refractivity contribution in [2.45, 2.75) is 0 Å². The summed E-state index contributed by atoms with van der Waals surface area (Å²) in [5.41, 5.74) is 7.37. The summed E-state index contributed by atoms with van der Waals surface area (Å²) >= 11 is 0. The largest absolute Gasteiger partial charge is 0.456 e. The molecule has 0 saturated heterocycles. The first kappa shape index (κ1) is 22.4. The Bertz CT molecular complexity index is 2280. The molecule has 41 heavy (non-hydrogen) atoms. The Kier molecular flexibility index (Phi) is 4.67. The molecule has 0 atom stereocenters. The van der Waals surface area contributed by atoms with Gasteiger partial charge in [-0.25, -0.2) is 0 Å². The highest BCUT2D eigenvalue weighted by atomic mass is 16.5. The van der Waals surface area contributed by atoms with Gasteiger partial charge in [0.15, 0.2) is 0 Å². The van der Waals surface area contributed by atoms with Gasteiger partial charge in [0.1, 0.15) is 11.5 Å². The van der Waals surface area contributed by atoms with Crippen LogP contribution >= 0.6 is 0 Å². The quantitative estimate of drug-likeness (QED) is 0.206. The summed E-state index contributed by atoms with van der Waals surface area (Å²) in [6.07, 6.45) is 0. The van der Waals surface area contributed by atoms with Gasteiger partial charge in [0.25, 0.3) is 0 Å². The van der Waals surface area contributed by atoms with E-state index in [2.05, 4.69) is 146 Å². The molecule has 1 heteroatoms. The Labute approximate surface area is 237 Å². The Morgan fingerprint density at radius 1 is 0.341 bits per heavy atom. The molecule has 1 heterocycles. The van der Waals surface area contributed by atoms with E-state index >= 15 is 0 Å². The minimum Gasteiger partial charge on any atom is -0.456 e. The van der Waals surface area contributed by atoms with Crippen molar-refractivity contribution in [2.75, 3.05) is 0 Å². The van der Waals surface area contributed by atoms with Crippen LogP contribution in [0, 0.1) is 0 Å². The maximum atomic E-state index is 6.43. The summed E-state index contributed by atoms with van der Waals surface area (Å²) in [6.45, 7) is 0. The Balaban J connectivity index is 1.37. The predicted octanol–water partition coefficient (Wildman–Crippen LogP) is 11.4. The average molecular weight is 521 g/mol. The summed E-state index contributed by atoms with van der Waals surface area (Å²) in [5.74, 6) is 1.83. The van der Waals surface area contributed by atoms with E-state index in [9.17, 15) is 0 Å². The summed E-state index contributed by atoms with van der Waals surface area (Å²) in [5, 5.41) is 9.95. The van der Waals surface area contributed by atoms with Crippen molar-refractivity contribution in [3.8, 4) is 44.9 Å². The van der Waals surface area contributed by atoms with Crippen molar-refractivity contribution in [1.82, 2.24) is 0 Å². The molecule has 8 aromatic carbocycles. The normalized spacial score (nSPS) is 12.1. The first-order valence-corrected chi connectivity index (χ1v) is 14.1. The van der Waals surface area contributed by atoms with E-state index in [1.807, 2.05) is 0 Å². The molecule has 9 rings (SSSR count). The lowest BCUT2D eigenvalue weighted by Crippen LogP contribution is -1.98. The second-order valence-electron chi connectivity index (χ2n) is 10.8. The SMILES string of the molecule is c1ccc2c(-c3c4ccccc4c(-c4ccc5c(c4)-c4cccc6cccc(c46)O5)c4ccccc34)cccc2c1. The van der Waals surface area contributed by atoms with E-state index in [1.54, 1.807) is 0 Å². The van der Waals surface area contributed by atoms with E-state index in [0.29, 0.717) is 0 Å². The maximum absolute atomic E-state index is 6.43. The lowest BCUT2D eigenvalue weighted by molar-refractivity contribution is 0.487. The van der Waals surface area contributed by atoms with Gasteiger partial charge in [0.05, 0.1) is 0 Å². The molecule has 0 fully saturated rings. The molecule has 1 nitrogen and oxygen atoms in total. The van der Waals surface area contributed by atoms with Crippen molar-refractivity contribution in [3.05, 3.63) is 146 Å². The van der Waals surface area contributed by atoms with E-state index in [-0.39, 0.29) is 0 Å². The average Bonchev–Trinajstić information content (AvgIpc) is 3.03. The van der Waals surface area contributed by atoms with Crippen molar-refractivity contribution >= 4 is 43.1 Å². The van der Waals surface area contributed by atoms with Crippen LogP contribution in [-0.2, 0) is 0 Å². The third kappa shape index (κ3) is 3.24. The fourth-order valence-corrected chi connectivity index (χ4v) is 6.89. The molecular formula is C40H24O. The molecule has 0 spiro atoms. The number of fused-ring (bicyclic) bond motifs is 5. The van der Waals surface area contributed by atoms with Crippen LogP contribution < -0.4 is 4.74 Å². The van der Waals surface area contributed by atoms with Gasteiger partial charge in [-0.3, -0.25) is 0 Å². The molecule has 0 aromatic heterocycles. The van der Waals surface area contributed by atoms with Crippen molar-refractivity contribution in [3.63, 3.8) is 0 Å². The van der Waals surface area contributed by atoms with Crippen molar-refractivity contribution in [1.29, 1.82) is 0 Å². The van der Waals surface area contributed by atoms with Crippen LogP contribution in [0.3, 0.4) is 0 Å². The van der Waals surface area contributed by atoms with Crippen LogP contribution in [0.2, 0.25) is 0 Å². The first-order chi connectivity index (χ1) is 20.3. The fraction of sp³-hybridized carbons (Fsp3) is 0. The van der Waals surface area contributed by atoms with Crippen LogP contribution in [-0.4, -0.2) is 0 Å². The molecule has 0 radical (unpaired) electrons. The molecule has 0 N–H and O–H groups in total. The molecule has 1 aliphatic heterocycles. The topological polar surface area (TPSA) is 9.23 Å². The zero-order valence-electron chi connectivity index (χ0n) is 22.3. The lowest BCUT2D eigenvalue weighted by Gasteiger charge is -2.23. The molecule has 0 bridgehead atoms. The van der Waals surface area contributed by atoms with Crippen LogP contribution in [0.25, 0.3) is 76.5 Å². The Morgan fingerprint density at radius 3 is 1.63 bits per heavy atom. The van der Waals surface area contributed by atoms with Gasteiger partial charge in [-0.2, -0.15) is 0 Å². The predicted molar refractivity (Wildman–Crippen MR) is 173 cm³/mol. The summed E-state index contributed by atoms with van der Waals surface area (Å²) in [4.78, 5) is 0. The highest BCUT2D eigenvalue weighted by Crippen LogP contribution is 2.50. The van der Waals surface area contributed by atoms with Crippen LogP contribution in [0.5, 0.6) is 11.5 Å². The standard InChI is InChI=1S/C40H24O/c1-2-14-28-25(10-1)11-7-19-29(28)40-32-17-5-3-15-30(32)38(31-16-4-6-18-33(31)40)27-22-23-36-35(24-27)34-20-8-12-26-13-9-21-37(41-36)39(26)34/h1-24H. The lowest BCUT2D eigenvalue weighted by atomic mass is 9.84. The molecular weight excluding hydrogens is 496 g/mol. The number of benzene rings is 8. The van der Waals surface area contributed by atoms with E-state index in [1.165, 1.54) is 70.9 Å². The smallest absolute Gasteiger partial charge is 0.135 e. The third-order valence-electron chi connectivity index (χ3n) is 8.64. The van der Waals surface area contributed by atoms with Gasteiger partial charge in [0.2, 0.25) is 0 Å². The van der Waals surface area contributed by atoms with Gasteiger partial charge >= 0.3 is 0 Å². The molecule has 0 amide bonds. The molecule has 190 valence electrons. The summed E-state index contributed by atoms with van der Waals surface area (Å²) in [7, 11) is 0. The minimum absolute atomic E-state index is 0.904. The van der Waals surface area contributed by atoms with Gasteiger partial charge in [-0.05, 0) is 83.7 Å². The number of hydrogen-bond acceptors (Lipinski definition) is 1. The van der Waals surface area contributed by atoms with Crippen LogP contribution in [0.1, 0.15) is 0 Å². The Morgan fingerprint density at radius 2 is 0.902 bits per heavy atom. The minimum atomic E-state index is 0.904. The zero-order valence-corrected chi connectivity index (χ0v) is 22.3. The number of ether oxygens (including phenoxy) is 1. The molecule has 0 aliphatic carbocycles. The second kappa shape index (κ2) is 8.55. The van der Waals surface area contributed by atoms with E-state index in [0.717, 1.165) is 17.1 Å². The van der Waals surface area contributed by atoms with Crippen molar-refractivity contribution in [2.24, 2.45) is 0 Å². The van der Waals surface area contributed by atoms with Gasteiger partial charge < -0.3 is 4.74 Å². The number of rotatable bonds is 2. The maximum Gasteiger partial charge on any atom is 0.135 e. The molecule has 8 aromatic rings. The van der Waals surface area contributed by atoms with Crippen LogP contribution in [0.15, 0.2) is 146 Å². The van der Waals surface area contributed by atoms with Gasteiger partial charge in [0, 0.05) is 10.9 Å².